The molecule has 1 aromatic heterocycles. The summed E-state index contributed by atoms with van der Waals surface area (Å²) in [5, 5.41) is 2.60. The molecule has 0 fully saturated rings. The number of amides is 2. The molecule has 0 radical (unpaired) electrons. The number of benzene rings is 1. The number of hydrogen-bond donors (Lipinski definition) is 1. The molecule has 138 valence electrons. The topological polar surface area (TPSA) is 80.8 Å². The van der Waals surface area contributed by atoms with Crippen LogP contribution in [0.2, 0.25) is 0 Å². The Bertz CT molecular complexity index is 750. The van der Waals surface area contributed by atoms with Crippen LogP contribution in [0.4, 0.5) is 5.69 Å². The lowest BCUT2D eigenvalue weighted by molar-refractivity contribution is -0.143. The summed E-state index contributed by atoms with van der Waals surface area (Å²) in [4.78, 5) is 30.3. The average molecular weight is 357 g/mol. The van der Waals surface area contributed by atoms with Gasteiger partial charge in [-0.05, 0) is 43.2 Å². The van der Waals surface area contributed by atoms with Crippen LogP contribution in [0.1, 0.15) is 12.5 Å². The van der Waals surface area contributed by atoms with Gasteiger partial charge in [-0.3, -0.25) is 14.6 Å². The van der Waals surface area contributed by atoms with Crippen molar-refractivity contribution >= 4 is 17.5 Å². The lowest BCUT2D eigenvalue weighted by Crippen LogP contribution is -2.40. The number of methoxy groups -OCH3 is 2. The first-order valence-electron chi connectivity index (χ1n) is 8.30. The Morgan fingerprint density at radius 3 is 2.46 bits per heavy atom. The van der Waals surface area contributed by atoms with E-state index in [4.69, 9.17) is 9.47 Å². The zero-order chi connectivity index (χ0) is 18.9. The third-order valence-corrected chi connectivity index (χ3v) is 3.94. The highest BCUT2D eigenvalue weighted by atomic mass is 16.5. The van der Waals surface area contributed by atoms with Gasteiger partial charge in [-0.2, -0.15) is 0 Å². The summed E-state index contributed by atoms with van der Waals surface area (Å²) in [5.74, 6) is -0.270. The summed E-state index contributed by atoms with van der Waals surface area (Å²) in [7, 11) is 3.03. The van der Waals surface area contributed by atoms with E-state index in [-0.39, 0.29) is 0 Å². The smallest absolute Gasteiger partial charge is 0.314 e. The molecule has 1 heterocycles. The molecule has 26 heavy (non-hydrogen) atoms. The molecule has 7 nitrogen and oxygen atoms in total. The molecule has 0 aliphatic heterocycles. The summed E-state index contributed by atoms with van der Waals surface area (Å²) < 4.78 is 10.4. The zero-order valence-corrected chi connectivity index (χ0v) is 15.2. The molecule has 0 bridgehead atoms. The van der Waals surface area contributed by atoms with E-state index in [0.29, 0.717) is 36.7 Å². The van der Waals surface area contributed by atoms with Crippen LogP contribution in [0, 0.1) is 0 Å². The SMILES string of the molecule is CCN(CCc1ccncc1)C(=O)C(=O)Nc1ccc(OC)cc1OC. The van der Waals surface area contributed by atoms with Gasteiger partial charge in [0.15, 0.2) is 0 Å². The predicted octanol–water partition coefficient (Wildman–Crippen LogP) is 2.13. The number of anilines is 1. The quantitative estimate of drug-likeness (QED) is 0.768. The van der Waals surface area contributed by atoms with Crippen molar-refractivity contribution in [3.05, 3.63) is 48.3 Å². The van der Waals surface area contributed by atoms with Crippen LogP contribution in [0.25, 0.3) is 0 Å². The highest BCUT2D eigenvalue weighted by Gasteiger charge is 2.21. The fourth-order valence-corrected chi connectivity index (χ4v) is 2.44. The van der Waals surface area contributed by atoms with Gasteiger partial charge in [0.25, 0.3) is 0 Å². The van der Waals surface area contributed by atoms with E-state index < -0.39 is 11.8 Å². The fourth-order valence-electron chi connectivity index (χ4n) is 2.44. The summed E-state index contributed by atoms with van der Waals surface area (Å²) in [5.41, 5.74) is 1.47. The van der Waals surface area contributed by atoms with Crippen molar-refractivity contribution in [2.45, 2.75) is 13.3 Å². The molecular weight excluding hydrogens is 334 g/mol. The standard InChI is InChI=1S/C19H23N3O4/c1-4-22(12-9-14-7-10-20-11-8-14)19(24)18(23)21-16-6-5-15(25-2)13-17(16)26-3/h5-8,10-11,13H,4,9,12H2,1-3H3,(H,21,23). The van der Waals surface area contributed by atoms with Crippen LogP contribution in [0.5, 0.6) is 11.5 Å². The molecule has 7 heteroatoms. The second-order valence-corrected chi connectivity index (χ2v) is 5.51. The number of rotatable bonds is 7. The Morgan fingerprint density at radius 2 is 1.85 bits per heavy atom. The van der Waals surface area contributed by atoms with E-state index >= 15 is 0 Å². The van der Waals surface area contributed by atoms with Gasteiger partial charge in [-0.1, -0.05) is 0 Å². The van der Waals surface area contributed by atoms with Crippen LogP contribution >= 0.6 is 0 Å². The van der Waals surface area contributed by atoms with Gasteiger partial charge in [0.1, 0.15) is 11.5 Å². The summed E-state index contributed by atoms with van der Waals surface area (Å²) in [6.45, 7) is 2.73. The van der Waals surface area contributed by atoms with E-state index in [1.165, 1.54) is 12.0 Å². The van der Waals surface area contributed by atoms with Crippen LogP contribution in [-0.2, 0) is 16.0 Å². The van der Waals surface area contributed by atoms with Gasteiger partial charge < -0.3 is 19.7 Å². The normalized spacial score (nSPS) is 10.1. The monoisotopic (exact) mass is 357 g/mol. The number of nitrogens with one attached hydrogen (secondary N) is 1. The molecule has 2 rings (SSSR count). The molecule has 0 spiro atoms. The summed E-state index contributed by atoms with van der Waals surface area (Å²) in [6.07, 6.45) is 4.06. The van der Waals surface area contributed by atoms with Gasteiger partial charge in [0.05, 0.1) is 19.9 Å². The Hall–Kier alpha value is -3.09. The first-order chi connectivity index (χ1) is 12.6. The molecule has 2 aromatic rings. The van der Waals surface area contributed by atoms with Crippen molar-refractivity contribution in [2.24, 2.45) is 0 Å². The highest BCUT2D eigenvalue weighted by Crippen LogP contribution is 2.29. The van der Waals surface area contributed by atoms with Crippen molar-refractivity contribution < 1.29 is 19.1 Å². The third kappa shape index (κ3) is 4.95. The summed E-state index contributed by atoms with van der Waals surface area (Å²) in [6, 6.07) is 8.74. The summed E-state index contributed by atoms with van der Waals surface area (Å²) >= 11 is 0. The second kappa shape index (κ2) is 9.41. The second-order valence-electron chi connectivity index (χ2n) is 5.51. The first kappa shape index (κ1) is 19.2. The van der Waals surface area contributed by atoms with Gasteiger partial charge in [-0.25, -0.2) is 0 Å². The molecular formula is C19H23N3O4. The largest absolute Gasteiger partial charge is 0.497 e. The molecule has 0 atom stereocenters. The minimum atomic E-state index is -0.704. The minimum Gasteiger partial charge on any atom is -0.497 e. The van der Waals surface area contributed by atoms with Crippen molar-refractivity contribution in [3.63, 3.8) is 0 Å². The first-order valence-corrected chi connectivity index (χ1v) is 8.30. The molecule has 1 N–H and O–H groups in total. The van der Waals surface area contributed by atoms with Gasteiger partial charge in [0.2, 0.25) is 0 Å². The third-order valence-electron chi connectivity index (χ3n) is 3.94. The number of nitrogens with zero attached hydrogens (tertiary/aromatic N) is 2. The van der Waals surface area contributed by atoms with E-state index in [1.807, 2.05) is 19.1 Å². The van der Waals surface area contributed by atoms with Gasteiger partial charge in [0, 0.05) is 31.5 Å². The number of aromatic nitrogens is 1. The Labute approximate surface area is 152 Å². The van der Waals surface area contributed by atoms with Crippen molar-refractivity contribution in [1.29, 1.82) is 0 Å². The van der Waals surface area contributed by atoms with Crippen LogP contribution in [0.15, 0.2) is 42.7 Å². The lowest BCUT2D eigenvalue weighted by atomic mass is 10.2. The number of hydrogen-bond acceptors (Lipinski definition) is 5. The molecule has 0 saturated carbocycles. The fraction of sp³-hybridized carbons (Fsp3) is 0.316. The number of pyridine rings is 1. The van der Waals surface area contributed by atoms with E-state index in [0.717, 1.165) is 5.56 Å². The molecule has 1 aromatic carbocycles. The van der Waals surface area contributed by atoms with Crippen molar-refractivity contribution in [2.75, 3.05) is 32.6 Å². The van der Waals surface area contributed by atoms with Crippen molar-refractivity contribution in [3.8, 4) is 11.5 Å². The van der Waals surface area contributed by atoms with E-state index in [2.05, 4.69) is 10.3 Å². The number of ether oxygens (including phenoxy) is 2. The van der Waals surface area contributed by atoms with Crippen LogP contribution in [-0.4, -0.2) is 49.0 Å². The Morgan fingerprint density at radius 1 is 1.12 bits per heavy atom. The number of carbonyl (C=O) groups excluding carboxylic acids is 2. The minimum absolute atomic E-state index is 0.414. The molecule has 0 unspecified atom stereocenters. The van der Waals surface area contributed by atoms with Crippen LogP contribution in [0.3, 0.4) is 0 Å². The number of carbonyl (C=O) groups is 2. The average Bonchev–Trinajstić information content (AvgIpc) is 2.69. The molecule has 0 aliphatic rings. The Balaban J connectivity index is 2.02. The lowest BCUT2D eigenvalue weighted by Gasteiger charge is -2.20. The van der Waals surface area contributed by atoms with Crippen molar-refractivity contribution in [1.82, 2.24) is 9.88 Å². The Kier molecular flexibility index (Phi) is 6.96. The highest BCUT2D eigenvalue weighted by molar-refractivity contribution is 6.39. The number of likely N-dealkylation sites (N-methyl/N-ethyl adjacent to an activating group) is 1. The van der Waals surface area contributed by atoms with Gasteiger partial charge >= 0.3 is 11.8 Å². The maximum absolute atomic E-state index is 12.5. The molecule has 2 amide bonds. The molecule has 0 saturated heterocycles. The molecule has 0 aliphatic carbocycles. The van der Waals surface area contributed by atoms with Crippen LogP contribution < -0.4 is 14.8 Å². The van der Waals surface area contributed by atoms with Gasteiger partial charge in [-0.15, -0.1) is 0 Å². The van der Waals surface area contributed by atoms with E-state index in [1.54, 1.807) is 37.7 Å². The predicted molar refractivity (Wildman–Crippen MR) is 98.4 cm³/mol. The zero-order valence-electron chi connectivity index (χ0n) is 15.2. The van der Waals surface area contributed by atoms with E-state index in [9.17, 15) is 9.59 Å². The maximum atomic E-state index is 12.5. The maximum Gasteiger partial charge on any atom is 0.314 e.